The predicted octanol–water partition coefficient (Wildman–Crippen LogP) is 1.86. The van der Waals surface area contributed by atoms with Gasteiger partial charge in [0.25, 0.3) is 0 Å². The van der Waals surface area contributed by atoms with Gasteiger partial charge in [-0.05, 0) is 17.0 Å². The first-order chi connectivity index (χ1) is 9.49. The molecule has 0 saturated carbocycles. The van der Waals surface area contributed by atoms with Crippen molar-refractivity contribution >= 4 is 12.0 Å². The molecule has 0 bridgehead atoms. The van der Waals surface area contributed by atoms with Gasteiger partial charge in [0.15, 0.2) is 0 Å². The summed E-state index contributed by atoms with van der Waals surface area (Å²) >= 11 is 0. The number of benzene rings is 1. The van der Waals surface area contributed by atoms with E-state index in [1.165, 1.54) is 4.90 Å². The van der Waals surface area contributed by atoms with Crippen LogP contribution in [0.4, 0.5) is 4.79 Å². The number of amides is 2. The number of rotatable bonds is 3. The fraction of sp³-hybridized carbons (Fsp3) is 0.467. The Hall–Kier alpha value is -2.04. The minimum absolute atomic E-state index is 0.305. The van der Waals surface area contributed by atoms with Gasteiger partial charge in [-0.3, -0.25) is 0 Å². The first-order valence-electron chi connectivity index (χ1n) is 6.83. The Bertz CT molecular complexity index is 514. The highest BCUT2D eigenvalue weighted by atomic mass is 16.4. The van der Waals surface area contributed by atoms with Crippen molar-refractivity contribution in [2.24, 2.45) is 5.92 Å². The van der Waals surface area contributed by atoms with Crippen molar-refractivity contribution in [3.8, 4) is 0 Å². The zero-order valence-electron chi connectivity index (χ0n) is 11.8. The maximum absolute atomic E-state index is 12.2. The molecule has 0 aliphatic carbocycles. The molecule has 2 rings (SSSR count). The summed E-state index contributed by atoms with van der Waals surface area (Å²) in [6.45, 7) is 4.89. The summed E-state index contributed by atoms with van der Waals surface area (Å²) in [6, 6.07) is 6.57. The molecule has 1 aliphatic heterocycles. The second-order valence-electron chi connectivity index (χ2n) is 5.53. The average Bonchev–Trinajstić information content (AvgIpc) is 2.43. The van der Waals surface area contributed by atoms with Crippen LogP contribution in [-0.2, 0) is 17.8 Å². The Labute approximate surface area is 118 Å². The molecule has 5 heteroatoms. The van der Waals surface area contributed by atoms with E-state index in [1.807, 2.05) is 38.1 Å². The molecule has 1 aromatic carbocycles. The molecule has 108 valence electrons. The van der Waals surface area contributed by atoms with Gasteiger partial charge in [0.2, 0.25) is 0 Å². The van der Waals surface area contributed by atoms with Crippen molar-refractivity contribution in [1.82, 2.24) is 10.2 Å². The summed E-state index contributed by atoms with van der Waals surface area (Å²) in [7, 11) is 0. The number of hydrogen-bond donors (Lipinski definition) is 2. The summed E-state index contributed by atoms with van der Waals surface area (Å²) in [5, 5.41) is 12.1. The number of aliphatic carboxylic acids is 1. The van der Waals surface area contributed by atoms with Crippen molar-refractivity contribution in [3.05, 3.63) is 35.4 Å². The zero-order chi connectivity index (χ0) is 14.7. The van der Waals surface area contributed by atoms with Gasteiger partial charge < -0.3 is 15.3 Å². The highest BCUT2D eigenvalue weighted by molar-refractivity contribution is 5.83. The predicted molar refractivity (Wildman–Crippen MR) is 75.3 cm³/mol. The Morgan fingerprint density at radius 3 is 2.60 bits per heavy atom. The number of carboxylic acids is 1. The fourth-order valence-corrected chi connectivity index (χ4v) is 2.35. The standard InChI is InChI=1S/C15H20N2O3/c1-10(2)8-16-15(20)17-9-12-6-4-3-5-11(12)7-13(17)14(18)19/h3-6,10,13H,7-9H2,1-2H3,(H,16,20)(H,18,19)/t13-/m0/s1. The lowest BCUT2D eigenvalue weighted by Gasteiger charge is -2.34. The maximum atomic E-state index is 12.2. The Kier molecular flexibility index (Phi) is 4.27. The third-order valence-corrected chi connectivity index (χ3v) is 3.46. The molecule has 0 unspecified atom stereocenters. The molecular formula is C15H20N2O3. The van der Waals surface area contributed by atoms with Crippen molar-refractivity contribution in [3.63, 3.8) is 0 Å². The molecule has 0 saturated heterocycles. The van der Waals surface area contributed by atoms with Gasteiger partial charge in [-0.2, -0.15) is 0 Å². The monoisotopic (exact) mass is 276 g/mol. The molecule has 1 atom stereocenters. The van der Waals surface area contributed by atoms with Gasteiger partial charge in [0.1, 0.15) is 6.04 Å². The van der Waals surface area contributed by atoms with Crippen molar-refractivity contribution in [1.29, 1.82) is 0 Å². The Balaban J connectivity index is 2.18. The van der Waals surface area contributed by atoms with E-state index in [4.69, 9.17) is 0 Å². The van der Waals surface area contributed by atoms with Crippen LogP contribution in [0.3, 0.4) is 0 Å². The minimum atomic E-state index is -0.959. The lowest BCUT2D eigenvalue weighted by atomic mass is 9.94. The fourth-order valence-electron chi connectivity index (χ4n) is 2.35. The minimum Gasteiger partial charge on any atom is -0.480 e. The second-order valence-corrected chi connectivity index (χ2v) is 5.53. The SMILES string of the molecule is CC(C)CNC(=O)N1Cc2ccccc2C[C@H]1C(=O)O. The molecule has 20 heavy (non-hydrogen) atoms. The van der Waals surface area contributed by atoms with Crippen LogP contribution in [0.2, 0.25) is 0 Å². The van der Waals surface area contributed by atoms with E-state index in [9.17, 15) is 14.7 Å². The number of hydrogen-bond acceptors (Lipinski definition) is 2. The number of nitrogens with one attached hydrogen (secondary N) is 1. The molecule has 1 aliphatic rings. The summed E-state index contributed by atoms with van der Waals surface area (Å²) in [5.74, 6) is -0.626. The van der Waals surface area contributed by atoms with Crippen LogP contribution in [0.15, 0.2) is 24.3 Å². The van der Waals surface area contributed by atoms with Gasteiger partial charge in [-0.15, -0.1) is 0 Å². The Morgan fingerprint density at radius 2 is 2.00 bits per heavy atom. The molecule has 0 radical (unpaired) electrons. The Morgan fingerprint density at radius 1 is 1.35 bits per heavy atom. The third-order valence-electron chi connectivity index (χ3n) is 3.46. The number of urea groups is 1. The van der Waals surface area contributed by atoms with Gasteiger partial charge >= 0.3 is 12.0 Å². The molecule has 0 aromatic heterocycles. The number of carbonyl (C=O) groups is 2. The van der Waals surface area contributed by atoms with E-state index in [0.29, 0.717) is 25.4 Å². The van der Waals surface area contributed by atoms with Gasteiger partial charge in [-0.25, -0.2) is 9.59 Å². The van der Waals surface area contributed by atoms with Gasteiger partial charge in [0.05, 0.1) is 0 Å². The van der Waals surface area contributed by atoms with E-state index >= 15 is 0 Å². The zero-order valence-corrected chi connectivity index (χ0v) is 11.8. The van der Waals surface area contributed by atoms with Crippen molar-refractivity contribution in [2.45, 2.75) is 32.9 Å². The molecule has 0 fully saturated rings. The molecule has 0 spiro atoms. The van der Waals surface area contributed by atoms with E-state index < -0.39 is 12.0 Å². The van der Waals surface area contributed by atoms with Crippen LogP contribution in [0.5, 0.6) is 0 Å². The van der Waals surface area contributed by atoms with Crippen LogP contribution in [0.25, 0.3) is 0 Å². The molecule has 1 aromatic rings. The lowest BCUT2D eigenvalue weighted by molar-refractivity contribution is -0.142. The third kappa shape index (κ3) is 3.10. The van der Waals surface area contributed by atoms with Crippen LogP contribution >= 0.6 is 0 Å². The summed E-state index contributed by atoms with van der Waals surface area (Å²) < 4.78 is 0. The van der Waals surface area contributed by atoms with E-state index in [-0.39, 0.29) is 6.03 Å². The number of carboxylic acid groups (broad SMARTS) is 1. The van der Waals surface area contributed by atoms with Crippen LogP contribution in [-0.4, -0.2) is 34.6 Å². The molecule has 1 heterocycles. The highest BCUT2D eigenvalue weighted by Crippen LogP contribution is 2.23. The number of carbonyl (C=O) groups excluding carboxylic acids is 1. The molecular weight excluding hydrogens is 256 g/mol. The van der Waals surface area contributed by atoms with Crippen molar-refractivity contribution in [2.75, 3.05) is 6.54 Å². The van der Waals surface area contributed by atoms with Crippen LogP contribution in [0.1, 0.15) is 25.0 Å². The van der Waals surface area contributed by atoms with Crippen molar-refractivity contribution < 1.29 is 14.7 Å². The van der Waals surface area contributed by atoms with Crippen LogP contribution < -0.4 is 5.32 Å². The van der Waals surface area contributed by atoms with Crippen LogP contribution in [0, 0.1) is 5.92 Å². The summed E-state index contributed by atoms with van der Waals surface area (Å²) in [6.07, 6.45) is 0.362. The molecule has 2 amide bonds. The quantitative estimate of drug-likeness (QED) is 0.885. The topological polar surface area (TPSA) is 69.6 Å². The maximum Gasteiger partial charge on any atom is 0.326 e. The first-order valence-corrected chi connectivity index (χ1v) is 6.83. The highest BCUT2D eigenvalue weighted by Gasteiger charge is 2.34. The average molecular weight is 276 g/mol. The molecule has 2 N–H and O–H groups in total. The number of nitrogens with zero attached hydrogens (tertiary/aromatic N) is 1. The largest absolute Gasteiger partial charge is 0.480 e. The summed E-state index contributed by atoms with van der Waals surface area (Å²) in [5.41, 5.74) is 2.03. The van der Waals surface area contributed by atoms with E-state index in [0.717, 1.165) is 11.1 Å². The first kappa shape index (κ1) is 14.4. The lowest BCUT2D eigenvalue weighted by Crippen LogP contribution is -2.52. The smallest absolute Gasteiger partial charge is 0.326 e. The van der Waals surface area contributed by atoms with Gasteiger partial charge in [0, 0.05) is 19.5 Å². The van der Waals surface area contributed by atoms with E-state index in [2.05, 4.69) is 5.32 Å². The van der Waals surface area contributed by atoms with E-state index in [1.54, 1.807) is 0 Å². The normalized spacial score (nSPS) is 17.8. The summed E-state index contributed by atoms with van der Waals surface area (Å²) in [4.78, 5) is 25.0. The molecule has 5 nitrogen and oxygen atoms in total. The van der Waals surface area contributed by atoms with Gasteiger partial charge in [-0.1, -0.05) is 38.1 Å². The number of fused-ring (bicyclic) bond motifs is 1. The second kappa shape index (κ2) is 5.94.